The molecule has 0 unspecified atom stereocenters. The van der Waals surface area contributed by atoms with E-state index < -0.39 is 11.9 Å². The number of halogens is 1. The lowest BCUT2D eigenvalue weighted by molar-refractivity contribution is -0.120. The second-order valence-electron chi connectivity index (χ2n) is 6.10. The summed E-state index contributed by atoms with van der Waals surface area (Å²) in [7, 11) is 1.26. The first-order valence-corrected chi connectivity index (χ1v) is 8.64. The maximum atomic E-state index is 12.6. The molecule has 2 aromatic carbocycles. The van der Waals surface area contributed by atoms with E-state index in [4.69, 9.17) is 16.3 Å². The number of carbonyl (C=O) groups excluding carboxylic acids is 3. The van der Waals surface area contributed by atoms with Crippen LogP contribution in [0.15, 0.2) is 36.4 Å². The number of rotatable bonds is 5. The first-order valence-electron chi connectivity index (χ1n) is 8.26. The predicted molar refractivity (Wildman–Crippen MR) is 105 cm³/mol. The Kier molecular flexibility index (Phi) is 6.58. The Hall–Kier alpha value is -2.86. The van der Waals surface area contributed by atoms with Crippen LogP contribution in [0.1, 0.15) is 28.4 Å². The molecule has 2 amide bonds. The van der Waals surface area contributed by atoms with Gasteiger partial charge < -0.3 is 15.0 Å². The minimum atomic E-state index is -0.563. The highest BCUT2D eigenvalue weighted by Gasteiger charge is 2.22. The van der Waals surface area contributed by atoms with Gasteiger partial charge in [0.15, 0.2) is 0 Å². The van der Waals surface area contributed by atoms with Crippen molar-refractivity contribution in [1.29, 1.82) is 0 Å². The lowest BCUT2D eigenvalue weighted by atomic mass is 10.1. The summed E-state index contributed by atoms with van der Waals surface area (Å²) in [6, 6.07) is 10.1. The van der Waals surface area contributed by atoms with Crippen LogP contribution in [0, 0.1) is 13.8 Å². The SMILES string of the molecule is COC(=O)c1ccccc1NC(=O)CN(C(C)=O)c1c(C)cc(C)cc1Cl. The molecule has 0 fully saturated rings. The fourth-order valence-corrected chi connectivity index (χ4v) is 3.23. The van der Waals surface area contributed by atoms with Gasteiger partial charge in [-0.1, -0.05) is 29.8 Å². The maximum Gasteiger partial charge on any atom is 0.339 e. The van der Waals surface area contributed by atoms with Crippen LogP contribution in [0.25, 0.3) is 0 Å². The van der Waals surface area contributed by atoms with Crippen molar-refractivity contribution in [2.75, 3.05) is 23.9 Å². The highest BCUT2D eigenvalue weighted by Crippen LogP contribution is 2.31. The summed E-state index contributed by atoms with van der Waals surface area (Å²) in [5.74, 6) is -1.34. The molecule has 0 atom stereocenters. The molecule has 0 saturated carbocycles. The first-order chi connectivity index (χ1) is 12.7. The minimum absolute atomic E-state index is 0.229. The number of benzene rings is 2. The Bertz CT molecular complexity index is 872. The first kappa shape index (κ1) is 20.5. The highest BCUT2D eigenvalue weighted by molar-refractivity contribution is 6.34. The van der Waals surface area contributed by atoms with E-state index in [2.05, 4.69) is 5.32 Å². The number of esters is 1. The van der Waals surface area contributed by atoms with E-state index in [0.29, 0.717) is 16.4 Å². The summed E-state index contributed by atoms with van der Waals surface area (Å²) in [6.45, 7) is 4.85. The van der Waals surface area contributed by atoms with Gasteiger partial charge in [0.1, 0.15) is 6.54 Å². The number of aryl methyl sites for hydroxylation is 2. The largest absolute Gasteiger partial charge is 0.465 e. The van der Waals surface area contributed by atoms with Crippen LogP contribution < -0.4 is 10.2 Å². The van der Waals surface area contributed by atoms with Crippen molar-refractivity contribution in [3.63, 3.8) is 0 Å². The van der Waals surface area contributed by atoms with Gasteiger partial charge in [-0.2, -0.15) is 0 Å². The van der Waals surface area contributed by atoms with E-state index in [-0.39, 0.29) is 18.0 Å². The summed E-state index contributed by atoms with van der Waals surface area (Å²) in [6.07, 6.45) is 0. The number of methoxy groups -OCH3 is 1. The fourth-order valence-electron chi connectivity index (χ4n) is 2.81. The van der Waals surface area contributed by atoms with Crippen LogP contribution in [0.3, 0.4) is 0 Å². The third kappa shape index (κ3) is 4.86. The van der Waals surface area contributed by atoms with Gasteiger partial charge >= 0.3 is 5.97 Å². The van der Waals surface area contributed by atoms with E-state index in [1.807, 2.05) is 19.9 Å². The van der Waals surface area contributed by atoms with Crippen molar-refractivity contribution in [1.82, 2.24) is 0 Å². The molecule has 0 bridgehead atoms. The summed E-state index contributed by atoms with van der Waals surface area (Å²) < 4.78 is 4.72. The number of hydrogen-bond donors (Lipinski definition) is 1. The molecule has 0 radical (unpaired) electrons. The number of para-hydroxylation sites is 1. The van der Waals surface area contributed by atoms with Gasteiger partial charge in [0.25, 0.3) is 0 Å². The Morgan fingerprint density at radius 3 is 2.41 bits per heavy atom. The van der Waals surface area contributed by atoms with Crippen molar-refractivity contribution in [3.05, 3.63) is 58.1 Å². The smallest absolute Gasteiger partial charge is 0.339 e. The zero-order valence-corrected chi connectivity index (χ0v) is 16.4. The molecule has 1 N–H and O–H groups in total. The van der Waals surface area contributed by atoms with Crippen molar-refractivity contribution in [3.8, 4) is 0 Å². The Morgan fingerprint density at radius 1 is 1.15 bits per heavy atom. The summed E-state index contributed by atoms with van der Waals surface area (Å²) in [5, 5.41) is 3.05. The minimum Gasteiger partial charge on any atom is -0.465 e. The molecule has 0 heterocycles. The molecular formula is C20H21ClN2O4. The van der Waals surface area contributed by atoms with E-state index in [1.54, 1.807) is 30.3 Å². The molecule has 27 heavy (non-hydrogen) atoms. The number of anilines is 2. The van der Waals surface area contributed by atoms with E-state index in [9.17, 15) is 14.4 Å². The quantitative estimate of drug-likeness (QED) is 0.792. The van der Waals surface area contributed by atoms with Gasteiger partial charge in [-0.15, -0.1) is 0 Å². The highest BCUT2D eigenvalue weighted by atomic mass is 35.5. The topological polar surface area (TPSA) is 75.7 Å². The standard InChI is InChI=1S/C20H21ClN2O4/c1-12-9-13(2)19(16(21)10-12)23(14(3)24)11-18(25)22-17-8-6-5-7-15(17)20(26)27-4/h5-10H,11H2,1-4H3,(H,22,25). The van der Waals surface area contributed by atoms with Gasteiger partial charge in [-0.25, -0.2) is 4.79 Å². The summed E-state index contributed by atoms with van der Waals surface area (Å²) in [5.41, 5.74) is 2.78. The molecule has 0 spiro atoms. The Balaban J connectivity index is 2.28. The number of nitrogens with zero attached hydrogens (tertiary/aromatic N) is 1. The summed E-state index contributed by atoms with van der Waals surface area (Å²) >= 11 is 6.32. The molecule has 0 saturated heterocycles. The maximum absolute atomic E-state index is 12.6. The molecule has 0 aliphatic heterocycles. The molecule has 6 nitrogen and oxygen atoms in total. The van der Waals surface area contributed by atoms with Crippen LogP contribution in [-0.2, 0) is 14.3 Å². The van der Waals surface area contributed by atoms with E-state index >= 15 is 0 Å². The van der Waals surface area contributed by atoms with Gasteiger partial charge in [-0.05, 0) is 43.2 Å². The number of nitrogens with one attached hydrogen (secondary N) is 1. The van der Waals surface area contributed by atoms with Crippen LogP contribution >= 0.6 is 11.6 Å². The average Bonchev–Trinajstić information content (AvgIpc) is 2.59. The van der Waals surface area contributed by atoms with Gasteiger partial charge in [-0.3, -0.25) is 9.59 Å². The Labute approximate surface area is 163 Å². The third-order valence-corrected chi connectivity index (χ3v) is 4.24. The van der Waals surface area contributed by atoms with Crippen LogP contribution in [0.4, 0.5) is 11.4 Å². The average molecular weight is 389 g/mol. The fraction of sp³-hybridized carbons (Fsp3) is 0.250. The van der Waals surface area contributed by atoms with Gasteiger partial charge in [0, 0.05) is 6.92 Å². The van der Waals surface area contributed by atoms with Crippen LogP contribution in [0.5, 0.6) is 0 Å². The monoisotopic (exact) mass is 388 g/mol. The van der Waals surface area contributed by atoms with Gasteiger partial charge in [0.2, 0.25) is 11.8 Å². The van der Waals surface area contributed by atoms with Crippen LogP contribution in [0.2, 0.25) is 5.02 Å². The molecule has 2 rings (SSSR count). The van der Waals surface area contributed by atoms with Crippen molar-refractivity contribution in [2.24, 2.45) is 0 Å². The van der Waals surface area contributed by atoms with Gasteiger partial charge in [0.05, 0.1) is 29.1 Å². The van der Waals surface area contributed by atoms with Crippen molar-refractivity contribution >= 4 is 40.8 Å². The molecule has 0 aliphatic rings. The zero-order chi connectivity index (χ0) is 20.1. The number of amides is 2. The third-order valence-electron chi connectivity index (χ3n) is 3.96. The zero-order valence-electron chi connectivity index (χ0n) is 15.6. The Morgan fingerprint density at radius 2 is 1.81 bits per heavy atom. The van der Waals surface area contributed by atoms with E-state index in [1.165, 1.54) is 18.9 Å². The predicted octanol–water partition coefficient (Wildman–Crippen LogP) is 3.74. The summed E-state index contributed by atoms with van der Waals surface area (Å²) in [4.78, 5) is 37.9. The van der Waals surface area contributed by atoms with E-state index in [0.717, 1.165) is 11.1 Å². The molecule has 0 aromatic heterocycles. The van der Waals surface area contributed by atoms with Crippen molar-refractivity contribution < 1.29 is 19.1 Å². The molecule has 0 aliphatic carbocycles. The lowest BCUT2D eigenvalue weighted by Gasteiger charge is -2.24. The second kappa shape index (κ2) is 8.68. The number of carbonyl (C=O) groups is 3. The van der Waals surface area contributed by atoms with Crippen molar-refractivity contribution in [2.45, 2.75) is 20.8 Å². The molecule has 142 valence electrons. The van der Waals surface area contributed by atoms with Crippen LogP contribution in [-0.4, -0.2) is 31.4 Å². The normalized spacial score (nSPS) is 10.3. The molecular weight excluding hydrogens is 368 g/mol. The lowest BCUT2D eigenvalue weighted by Crippen LogP contribution is -2.37. The number of hydrogen-bond acceptors (Lipinski definition) is 4. The number of ether oxygens (including phenoxy) is 1. The molecule has 2 aromatic rings. The second-order valence-corrected chi connectivity index (χ2v) is 6.51. The molecule has 7 heteroatoms.